The van der Waals surface area contributed by atoms with Crippen molar-refractivity contribution in [1.29, 1.82) is 0 Å². The van der Waals surface area contributed by atoms with Crippen LogP contribution in [0.3, 0.4) is 0 Å². The van der Waals surface area contributed by atoms with E-state index in [1.165, 1.54) is 0 Å². The number of ether oxygens (including phenoxy) is 1. The van der Waals surface area contributed by atoms with Crippen LogP contribution in [0, 0.1) is 6.92 Å². The van der Waals surface area contributed by atoms with Gasteiger partial charge in [0.05, 0.1) is 12.3 Å². The van der Waals surface area contributed by atoms with Gasteiger partial charge in [0.2, 0.25) is 0 Å². The summed E-state index contributed by atoms with van der Waals surface area (Å²) in [5, 5.41) is 9.04. The third kappa shape index (κ3) is 3.25. The van der Waals surface area contributed by atoms with Crippen LogP contribution < -0.4 is 0 Å². The summed E-state index contributed by atoms with van der Waals surface area (Å²) in [5.74, 6) is 0.670. The monoisotopic (exact) mass is 210 g/mol. The Morgan fingerprint density at radius 2 is 2.13 bits per heavy atom. The topological polar surface area (TPSA) is 55.2 Å². The van der Waals surface area contributed by atoms with Gasteiger partial charge >= 0.3 is 0 Å². The molecule has 0 radical (unpaired) electrons. The first-order chi connectivity index (χ1) is 7.21. The zero-order valence-corrected chi connectivity index (χ0v) is 9.53. The van der Waals surface area contributed by atoms with Crippen LogP contribution in [-0.2, 0) is 11.3 Å². The molecule has 0 spiro atoms. The van der Waals surface area contributed by atoms with Crippen molar-refractivity contribution >= 4 is 0 Å². The van der Waals surface area contributed by atoms with Crippen molar-refractivity contribution in [1.82, 2.24) is 9.97 Å². The first kappa shape index (κ1) is 12.1. The first-order valence-corrected chi connectivity index (χ1v) is 5.28. The van der Waals surface area contributed by atoms with E-state index in [4.69, 9.17) is 9.84 Å². The van der Waals surface area contributed by atoms with Crippen LogP contribution in [0.1, 0.15) is 43.6 Å². The Kier molecular flexibility index (Phi) is 4.65. The van der Waals surface area contributed by atoms with Crippen molar-refractivity contribution in [2.24, 2.45) is 0 Å². The number of aromatic nitrogens is 2. The molecule has 84 valence electrons. The number of rotatable bonds is 5. The predicted octanol–water partition coefficient (Wildman–Crippen LogP) is 1.76. The fourth-order valence-electron chi connectivity index (χ4n) is 1.46. The van der Waals surface area contributed by atoms with Gasteiger partial charge in [-0.3, -0.25) is 0 Å². The molecule has 0 aliphatic heterocycles. The minimum Gasteiger partial charge on any atom is -0.390 e. The number of hydrogen-bond donors (Lipinski definition) is 1. The number of aliphatic hydroxyl groups excluding tert-OH is 1. The molecule has 0 saturated carbocycles. The second-order valence-corrected chi connectivity index (χ2v) is 3.37. The molecule has 0 aliphatic rings. The lowest BCUT2D eigenvalue weighted by atomic mass is 10.2. The van der Waals surface area contributed by atoms with Gasteiger partial charge in [-0.2, -0.15) is 0 Å². The minimum absolute atomic E-state index is 0.0566. The lowest BCUT2D eigenvalue weighted by Gasteiger charge is -2.14. The molecule has 0 aromatic carbocycles. The third-order valence-corrected chi connectivity index (χ3v) is 2.11. The maximum Gasteiger partial charge on any atom is 0.157 e. The average Bonchev–Trinajstić information content (AvgIpc) is 2.24. The van der Waals surface area contributed by atoms with E-state index in [0.717, 1.165) is 12.1 Å². The summed E-state index contributed by atoms with van der Waals surface area (Å²) in [6, 6.07) is 1.78. The minimum atomic E-state index is -0.0693. The number of nitrogens with zero attached hydrogens (tertiary/aromatic N) is 2. The van der Waals surface area contributed by atoms with Gasteiger partial charge in [-0.1, -0.05) is 6.92 Å². The Labute approximate surface area is 90.3 Å². The molecule has 15 heavy (non-hydrogen) atoms. The average molecular weight is 210 g/mol. The Morgan fingerprint density at radius 1 is 1.40 bits per heavy atom. The van der Waals surface area contributed by atoms with E-state index >= 15 is 0 Å². The van der Waals surface area contributed by atoms with E-state index in [1.54, 1.807) is 6.07 Å². The van der Waals surface area contributed by atoms with Crippen LogP contribution in [-0.4, -0.2) is 21.7 Å². The molecule has 1 N–H and O–H groups in total. The van der Waals surface area contributed by atoms with Crippen LogP contribution in [0.25, 0.3) is 0 Å². The van der Waals surface area contributed by atoms with Gasteiger partial charge in [-0.25, -0.2) is 9.97 Å². The normalized spacial score (nSPS) is 12.8. The van der Waals surface area contributed by atoms with Gasteiger partial charge in [-0.05, 0) is 26.3 Å². The molecular weight excluding hydrogens is 192 g/mol. The summed E-state index contributed by atoms with van der Waals surface area (Å²) in [4.78, 5) is 8.58. The SMILES string of the molecule is CCOC(CC)c1nc(C)cc(CO)n1. The van der Waals surface area contributed by atoms with Crippen LogP contribution in [0.15, 0.2) is 6.07 Å². The molecular formula is C11H18N2O2. The Morgan fingerprint density at radius 3 is 2.67 bits per heavy atom. The lowest BCUT2D eigenvalue weighted by molar-refractivity contribution is 0.0530. The largest absolute Gasteiger partial charge is 0.390 e. The zero-order valence-electron chi connectivity index (χ0n) is 9.53. The Balaban J connectivity index is 2.95. The van der Waals surface area contributed by atoms with Crippen LogP contribution in [0.4, 0.5) is 0 Å². The van der Waals surface area contributed by atoms with Crippen molar-refractivity contribution in [3.05, 3.63) is 23.3 Å². The van der Waals surface area contributed by atoms with Gasteiger partial charge < -0.3 is 9.84 Å². The van der Waals surface area contributed by atoms with E-state index in [-0.39, 0.29) is 12.7 Å². The lowest BCUT2D eigenvalue weighted by Crippen LogP contribution is -2.10. The zero-order chi connectivity index (χ0) is 11.3. The summed E-state index contributed by atoms with van der Waals surface area (Å²) in [6.07, 6.45) is 0.766. The van der Waals surface area contributed by atoms with Gasteiger partial charge in [-0.15, -0.1) is 0 Å². The number of hydrogen-bond acceptors (Lipinski definition) is 4. The van der Waals surface area contributed by atoms with E-state index in [0.29, 0.717) is 18.1 Å². The fourth-order valence-corrected chi connectivity index (χ4v) is 1.46. The molecule has 1 atom stereocenters. The molecule has 0 amide bonds. The summed E-state index contributed by atoms with van der Waals surface area (Å²) < 4.78 is 5.53. The van der Waals surface area contributed by atoms with Gasteiger partial charge in [0.15, 0.2) is 5.82 Å². The molecule has 4 nitrogen and oxygen atoms in total. The van der Waals surface area contributed by atoms with E-state index in [2.05, 4.69) is 9.97 Å². The molecule has 1 rings (SSSR count). The van der Waals surface area contributed by atoms with E-state index in [1.807, 2.05) is 20.8 Å². The molecule has 0 bridgehead atoms. The maximum atomic E-state index is 9.04. The molecule has 0 saturated heterocycles. The molecule has 0 aliphatic carbocycles. The van der Waals surface area contributed by atoms with Gasteiger partial charge in [0.25, 0.3) is 0 Å². The van der Waals surface area contributed by atoms with Gasteiger partial charge in [0.1, 0.15) is 6.10 Å². The molecule has 1 unspecified atom stereocenters. The highest BCUT2D eigenvalue weighted by Crippen LogP contribution is 2.17. The van der Waals surface area contributed by atoms with Crippen molar-refractivity contribution in [3.8, 4) is 0 Å². The van der Waals surface area contributed by atoms with Gasteiger partial charge in [0, 0.05) is 12.3 Å². The molecule has 1 aromatic rings. The quantitative estimate of drug-likeness (QED) is 0.804. The van der Waals surface area contributed by atoms with Crippen LogP contribution in [0.2, 0.25) is 0 Å². The standard InChI is InChI=1S/C11H18N2O2/c1-4-10(15-5-2)11-12-8(3)6-9(7-14)13-11/h6,10,14H,4-5,7H2,1-3H3. The first-order valence-electron chi connectivity index (χ1n) is 5.28. The second-order valence-electron chi connectivity index (χ2n) is 3.37. The number of aliphatic hydroxyl groups is 1. The molecule has 1 heterocycles. The maximum absolute atomic E-state index is 9.04. The van der Waals surface area contributed by atoms with Crippen LogP contribution in [0.5, 0.6) is 0 Å². The fraction of sp³-hybridized carbons (Fsp3) is 0.636. The Bertz CT molecular complexity index is 315. The summed E-state index contributed by atoms with van der Waals surface area (Å²) >= 11 is 0. The Hall–Kier alpha value is -1.00. The number of aryl methyl sites for hydroxylation is 1. The molecule has 1 aromatic heterocycles. The summed E-state index contributed by atoms with van der Waals surface area (Å²) in [5.41, 5.74) is 1.51. The highest BCUT2D eigenvalue weighted by molar-refractivity contribution is 5.10. The summed E-state index contributed by atoms with van der Waals surface area (Å²) in [6.45, 7) is 6.46. The van der Waals surface area contributed by atoms with Crippen molar-refractivity contribution in [3.63, 3.8) is 0 Å². The predicted molar refractivity (Wildman–Crippen MR) is 57.3 cm³/mol. The van der Waals surface area contributed by atoms with E-state index < -0.39 is 0 Å². The van der Waals surface area contributed by atoms with Crippen LogP contribution >= 0.6 is 0 Å². The highest BCUT2D eigenvalue weighted by Gasteiger charge is 2.13. The van der Waals surface area contributed by atoms with Crippen molar-refractivity contribution in [2.75, 3.05) is 6.61 Å². The van der Waals surface area contributed by atoms with Crippen molar-refractivity contribution in [2.45, 2.75) is 39.9 Å². The summed E-state index contributed by atoms with van der Waals surface area (Å²) in [7, 11) is 0. The van der Waals surface area contributed by atoms with Crippen molar-refractivity contribution < 1.29 is 9.84 Å². The second kappa shape index (κ2) is 5.78. The molecule has 0 fully saturated rings. The highest BCUT2D eigenvalue weighted by atomic mass is 16.5. The van der Waals surface area contributed by atoms with E-state index in [9.17, 15) is 0 Å². The molecule has 4 heteroatoms. The third-order valence-electron chi connectivity index (χ3n) is 2.11. The smallest absolute Gasteiger partial charge is 0.157 e.